The van der Waals surface area contributed by atoms with Crippen LogP contribution in [0, 0.1) is 0 Å². The molecule has 0 saturated heterocycles. The second-order valence-corrected chi connectivity index (χ2v) is 6.20. The predicted octanol–water partition coefficient (Wildman–Crippen LogP) is 4.48. The van der Waals surface area contributed by atoms with Crippen LogP contribution in [0.2, 0.25) is 0 Å². The quantitative estimate of drug-likeness (QED) is 0.476. The van der Waals surface area contributed by atoms with Crippen LogP contribution in [0.5, 0.6) is 11.5 Å². The molecule has 0 aliphatic carbocycles. The molecule has 146 valence electrons. The zero-order chi connectivity index (χ0) is 20.6. The molecule has 6 heteroatoms. The van der Waals surface area contributed by atoms with Crippen LogP contribution in [-0.4, -0.2) is 24.3 Å². The Labute approximate surface area is 168 Å². The fourth-order valence-corrected chi connectivity index (χ4v) is 2.48. The van der Waals surface area contributed by atoms with Gasteiger partial charge in [0.25, 0.3) is 5.91 Å². The van der Waals surface area contributed by atoms with Crippen LogP contribution in [0.15, 0.2) is 78.9 Å². The minimum Gasteiger partial charge on any atom is -0.457 e. The average Bonchev–Trinajstić information content (AvgIpc) is 2.74. The van der Waals surface area contributed by atoms with E-state index in [4.69, 9.17) is 9.47 Å². The van der Waals surface area contributed by atoms with Crippen LogP contribution in [0.4, 0.5) is 5.69 Å². The number of hydrogen-bond donors (Lipinski definition) is 1. The summed E-state index contributed by atoms with van der Waals surface area (Å²) in [6.45, 7) is 1.04. The van der Waals surface area contributed by atoms with Gasteiger partial charge < -0.3 is 14.8 Å². The van der Waals surface area contributed by atoms with Crippen molar-refractivity contribution in [1.29, 1.82) is 0 Å². The van der Waals surface area contributed by atoms with E-state index in [2.05, 4.69) is 5.32 Å². The van der Waals surface area contributed by atoms with Gasteiger partial charge >= 0.3 is 5.97 Å². The van der Waals surface area contributed by atoms with E-state index in [1.165, 1.54) is 6.92 Å². The van der Waals surface area contributed by atoms with E-state index in [1.54, 1.807) is 48.5 Å². The summed E-state index contributed by atoms with van der Waals surface area (Å²) in [7, 11) is 0. The third kappa shape index (κ3) is 5.77. The number of hydrogen-bond acceptors (Lipinski definition) is 5. The lowest BCUT2D eigenvalue weighted by Crippen LogP contribution is -2.20. The van der Waals surface area contributed by atoms with Crippen molar-refractivity contribution in [2.45, 2.75) is 6.92 Å². The molecule has 29 heavy (non-hydrogen) atoms. The van der Waals surface area contributed by atoms with Gasteiger partial charge in [0.2, 0.25) is 0 Å². The fourth-order valence-electron chi connectivity index (χ4n) is 2.48. The number of carbonyl (C=O) groups is 3. The number of Topliss-reactive ketones (excluding diaryl/α,β-unsaturated/α-hetero) is 1. The number of ketones is 1. The standard InChI is InChI=1S/C23H19NO5/c1-16(25)17-7-11-19(12-8-17)24-22(26)15-28-23(27)18-9-13-21(14-10-18)29-20-5-3-2-4-6-20/h2-14H,15H2,1H3,(H,24,26). The molecule has 1 N–H and O–H groups in total. The molecule has 0 fully saturated rings. The lowest BCUT2D eigenvalue weighted by molar-refractivity contribution is -0.119. The van der Waals surface area contributed by atoms with Crippen molar-refractivity contribution in [3.05, 3.63) is 90.0 Å². The highest BCUT2D eigenvalue weighted by atomic mass is 16.5. The molecule has 0 bridgehead atoms. The highest BCUT2D eigenvalue weighted by Gasteiger charge is 2.11. The van der Waals surface area contributed by atoms with Gasteiger partial charge in [0.1, 0.15) is 11.5 Å². The highest BCUT2D eigenvalue weighted by molar-refractivity contribution is 5.97. The monoisotopic (exact) mass is 389 g/mol. The van der Waals surface area contributed by atoms with Gasteiger partial charge in [-0.15, -0.1) is 0 Å². The number of nitrogens with one attached hydrogen (secondary N) is 1. The summed E-state index contributed by atoms with van der Waals surface area (Å²) in [5.74, 6) is 0.128. The van der Waals surface area contributed by atoms with Crippen molar-refractivity contribution in [1.82, 2.24) is 0 Å². The van der Waals surface area contributed by atoms with Crippen LogP contribution in [0.1, 0.15) is 27.6 Å². The van der Waals surface area contributed by atoms with E-state index >= 15 is 0 Å². The van der Waals surface area contributed by atoms with Gasteiger partial charge in [-0.1, -0.05) is 18.2 Å². The van der Waals surface area contributed by atoms with E-state index in [1.807, 2.05) is 30.3 Å². The first kappa shape index (κ1) is 19.8. The maximum atomic E-state index is 12.1. The maximum Gasteiger partial charge on any atom is 0.338 e. The van der Waals surface area contributed by atoms with E-state index in [9.17, 15) is 14.4 Å². The number of para-hydroxylation sites is 1. The Hall–Kier alpha value is -3.93. The summed E-state index contributed by atoms with van der Waals surface area (Å²) >= 11 is 0. The molecular formula is C23H19NO5. The molecule has 0 aliphatic rings. The Kier molecular flexibility index (Phi) is 6.37. The van der Waals surface area contributed by atoms with Gasteiger partial charge in [-0.05, 0) is 67.6 Å². The molecule has 0 spiro atoms. The normalized spacial score (nSPS) is 10.1. The van der Waals surface area contributed by atoms with Crippen LogP contribution < -0.4 is 10.1 Å². The van der Waals surface area contributed by atoms with E-state index < -0.39 is 18.5 Å². The Morgan fingerprint density at radius 3 is 1.97 bits per heavy atom. The topological polar surface area (TPSA) is 81.7 Å². The van der Waals surface area contributed by atoms with Crippen molar-refractivity contribution in [2.24, 2.45) is 0 Å². The molecule has 3 aromatic rings. The van der Waals surface area contributed by atoms with Crippen molar-refractivity contribution in [3.8, 4) is 11.5 Å². The van der Waals surface area contributed by atoms with Gasteiger partial charge in [0.05, 0.1) is 5.56 Å². The largest absolute Gasteiger partial charge is 0.457 e. The third-order valence-corrected chi connectivity index (χ3v) is 3.98. The van der Waals surface area contributed by atoms with E-state index in [-0.39, 0.29) is 5.78 Å². The van der Waals surface area contributed by atoms with E-state index in [0.29, 0.717) is 28.3 Å². The Morgan fingerprint density at radius 1 is 0.759 bits per heavy atom. The molecule has 3 aromatic carbocycles. The number of anilines is 1. The molecule has 0 aromatic heterocycles. The van der Waals surface area contributed by atoms with Crippen molar-refractivity contribution in [3.63, 3.8) is 0 Å². The SMILES string of the molecule is CC(=O)c1ccc(NC(=O)COC(=O)c2ccc(Oc3ccccc3)cc2)cc1. The molecule has 1 amide bonds. The number of esters is 1. The molecule has 0 radical (unpaired) electrons. The Morgan fingerprint density at radius 2 is 1.34 bits per heavy atom. The lowest BCUT2D eigenvalue weighted by atomic mass is 10.1. The van der Waals surface area contributed by atoms with Crippen LogP contribution in [0.25, 0.3) is 0 Å². The second kappa shape index (κ2) is 9.32. The van der Waals surface area contributed by atoms with Crippen molar-refractivity contribution in [2.75, 3.05) is 11.9 Å². The number of rotatable bonds is 7. The van der Waals surface area contributed by atoms with Crippen LogP contribution >= 0.6 is 0 Å². The molecule has 3 rings (SSSR count). The summed E-state index contributed by atoms with van der Waals surface area (Å²) in [5.41, 5.74) is 1.37. The second-order valence-electron chi connectivity index (χ2n) is 6.20. The number of benzene rings is 3. The predicted molar refractivity (Wildman–Crippen MR) is 108 cm³/mol. The van der Waals surface area contributed by atoms with Gasteiger partial charge in [0.15, 0.2) is 12.4 Å². The molecular weight excluding hydrogens is 370 g/mol. The fraction of sp³-hybridized carbons (Fsp3) is 0.0870. The average molecular weight is 389 g/mol. The van der Waals surface area contributed by atoms with E-state index in [0.717, 1.165) is 0 Å². The molecule has 0 heterocycles. The summed E-state index contributed by atoms with van der Waals surface area (Å²) in [6.07, 6.45) is 0. The number of amides is 1. The molecule has 0 saturated carbocycles. The third-order valence-electron chi connectivity index (χ3n) is 3.98. The minimum absolute atomic E-state index is 0.0583. The molecule has 0 atom stereocenters. The van der Waals surface area contributed by atoms with Crippen LogP contribution in [-0.2, 0) is 9.53 Å². The number of ether oxygens (including phenoxy) is 2. The summed E-state index contributed by atoms with van der Waals surface area (Å²) < 4.78 is 10.7. The molecule has 6 nitrogen and oxygen atoms in total. The van der Waals surface area contributed by atoms with Crippen LogP contribution in [0.3, 0.4) is 0 Å². The molecule has 0 unspecified atom stereocenters. The summed E-state index contributed by atoms with van der Waals surface area (Å²) in [5, 5.41) is 2.60. The van der Waals surface area contributed by atoms with Gasteiger partial charge in [0, 0.05) is 11.3 Å². The maximum absolute atomic E-state index is 12.1. The first-order valence-corrected chi connectivity index (χ1v) is 8.92. The lowest BCUT2D eigenvalue weighted by Gasteiger charge is -2.08. The summed E-state index contributed by atoms with van der Waals surface area (Å²) in [6, 6.07) is 22.2. The van der Waals surface area contributed by atoms with Crippen molar-refractivity contribution >= 4 is 23.3 Å². The zero-order valence-electron chi connectivity index (χ0n) is 15.8. The zero-order valence-corrected chi connectivity index (χ0v) is 15.8. The minimum atomic E-state index is -0.613. The first-order valence-electron chi connectivity index (χ1n) is 8.92. The van der Waals surface area contributed by atoms with Gasteiger partial charge in [-0.3, -0.25) is 9.59 Å². The highest BCUT2D eigenvalue weighted by Crippen LogP contribution is 2.21. The smallest absolute Gasteiger partial charge is 0.338 e. The number of carbonyl (C=O) groups excluding carboxylic acids is 3. The first-order chi connectivity index (χ1) is 14.0. The Bertz CT molecular complexity index is 996. The van der Waals surface area contributed by atoms with Crippen molar-refractivity contribution < 1.29 is 23.9 Å². The summed E-state index contributed by atoms with van der Waals surface area (Å²) in [4.78, 5) is 35.3. The molecule has 0 aliphatic heterocycles. The van der Waals surface area contributed by atoms with Gasteiger partial charge in [-0.25, -0.2) is 4.79 Å². The Balaban J connectivity index is 1.49. The van der Waals surface area contributed by atoms with Gasteiger partial charge in [-0.2, -0.15) is 0 Å².